The number of halogens is 3. The van der Waals surface area contributed by atoms with Gasteiger partial charge in [0.2, 0.25) is 11.8 Å². The minimum atomic E-state index is -4.68. The number of thioether (sulfide) groups is 1. The summed E-state index contributed by atoms with van der Waals surface area (Å²) in [7, 11) is 0. The van der Waals surface area contributed by atoms with E-state index in [1.165, 1.54) is 18.2 Å². The fourth-order valence-corrected chi connectivity index (χ4v) is 8.01. The highest BCUT2D eigenvalue weighted by atomic mass is 32.2. The number of H-pyrrole nitrogens is 1. The molecule has 15 heteroatoms. The molecule has 0 spiro atoms. The second-order valence-corrected chi connectivity index (χ2v) is 12.7. The zero-order valence-electron chi connectivity index (χ0n) is 24.3. The van der Waals surface area contributed by atoms with Crippen molar-refractivity contribution in [1.82, 2.24) is 4.98 Å². The summed E-state index contributed by atoms with van der Waals surface area (Å²) in [5.74, 6) is -3.93. The number of imide groups is 1. The lowest BCUT2D eigenvalue weighted by Crippen LogP contribution is -2.32. The molecule has 2 unspecified atom stereocenters. The van der Waals surface area contributed by atoms with Crippen molar-refractivity contribution < 1.29 is 41.8 Å². The van der Waals surface area contributed by atoms with E-state index in [-0.39, 0.29) is 29.5 Å². The molecule has 2 aliphatic rings. The predicted octanol–water partition coefficient (Wildman–Crippen LogP) is 5.45. The molecule has 2 aliphatic heterocycles. The lowest BCUT2D eigenvalue weighted by Gasteiger charge is -2.30. The van der Waals surface area contributed by atoms with Gasteiger partial charge in [0.05, 0.1) is 34.4 Å². The summed E-state index contributed by atoms with van der Waals surface area (Å²) in [6.07, 6.45) is -4.68. The Balaban J connectivity index is 1.23. The largest absolute Gasteiger partial charge is 0.484 e. The lowest BCUT2D eigenvalue weighted by atomic mass is 9.83. The van der Waals surface area contributed by atoms with Crippen molar-refractivity contribution in [2.45, 2.75) is 29.3 Å². The second kappa shape index (κ2) is 12.7. The monoisotopic (exact) mass is 683 g/mol. The van der Waals surface area contributed by atoms with Crippen molar-refractivity contribution in [1.29, 1.82) is 0 Å². The van der Waals surface area contributed by atoms with Gasteiger partial charge in [-0.3, -0.25) is 19.2 Å². The molecule has 10 nitrogen and oxygen atoms in total. The van der Waals surface area contributed by atoms with Crippen LogP contribution in [0.15, 0.2) is 82.6 Å². The molecule has 3 amide bonds. The molecule has 2 N–H and O–H groups in total. The van der Waals surface area contributed by atoms with Gasteiger partial charge < -0.3 is 19.8 Å². The normalized spacial score (nSPS) is 18.8. The summed E-state index contributed by atoms with van der Waals surface area (Å²) < 4.78 is 51.0. The summed E-state index contributed by atoms with van der Waals surface area (Å²) in [6, 6.07) is 16.7. The predicted molar refractivity (Wildman–Crippen MR) is 167 cm³/mol. The number of aromatic amines is 1. The molecule has 0 aliphatic carbocycles. The van der Waals surface area contributed by atoms with Crippen LogP contribution in [0, 0.1) is 5.92 Å². The molecular weight excluding hydrogens is 659 g/mol. The molecule has 1 saturated heterocycles. The first-order valence-electron chi connectivity index (χ1n) is 14.2. The van der Waals surface area contributed by atoms with Gasteiger partial charge in [-0.05, 0) is 67.1 Å². The Morgan fingerprint density at radius 3 is 2.45 bits per heavy atom. The van der Waals surface area contributed by atoms with Crippen LogP contribution in [-0.2, 0) is 25.3 Å². The third-order valence-corrected chi connectivity index (χ3v) is 9.92. The molecule has 1 aromatic heterocycles. The number of hydrogen-bond acceptors (Lipinski definition) is 9. The summed E-state index contributed by atoms with van der Waals surface area (Å²) in [4.78, 5) is 68.0. The van der Waals surface area contributed by atoms with E-state index in [9.17, 15) is 37.1 Å². The van der Waals surface area contributed by atoms with Crippen LogP contribution in [-0.4, -0.2) is 47.1 Å². The van der Waals surface area contributed by atoms with Gasteiger partial charge in [0, 0.05) is 16.5 Å². The Morgan fingerprint density at radius 2 is 1.72 bits per heavy atom. The number of ether oxygens (including phenoxy) is 2. The van der Waals surface area contributed by atoms with Crippen LogP contribution in [0.4, 0.5) is 24.5 Å². The molecule has 4 aromatic rings. The Hall–Kier alpha value is -4.89. The van der Waals surface area contributed by atoms with Crippen LogP contribution in [0.2, 0.25) is 0 Å². The Kier molecular flexibility index (Phi) is 8.68. The fourth-order valence-electron chi connectivity index (χ4n) is 5.50. The number of anilines is 2. The van der Waals surface area contributed by atoms with E-state index in [1.807, 2.05) is 0 Å². The third-order valence-electron chi connectivity index (χ3n) is 7.52. The van der Waals surface area contributed by atoms with Crippen molar-refractivity contribution in [2.24, 2.45) is 5.92 Å². The van der Waals surface area contributed by atoms with Crippen molar-refractivity contribution >= 4 is 58.2 Å². The van der Waals surface area contributed by atoms with Crippen LogP contribution in [0.3, 0.4) is 0 Å². The van der Waals surface area contributed by atoms with Crippen molar-refractivity contribution in [3.8, 4) is 5.75 Å². The first kappa shape index (κ1) is 32.1. The average molecular weight is 684 g/mol. The molecule has 3 aromatic carbocycles. The van der Waals surface area contributed by atoms with Gasteiger partial charge in [-0.15, -0.1) is 0 Å². The molecule has 0 radical (unpaired) electrons. The topological polar surface area (TPSA) is 135 Å². The summed E-state index contributed by atoms with van der Waals surface area (Å²) in [5.41, 5.74) is 0.0732. The fraction of sp³-hybridized carbons (Fsp3) is 0.219. The van der Waals surface area contributed by atoms with Crippen LogP contribution < -0.4 is 19.8 Å². The Bertz CT molecular complexity index is 1940. The number of fused-ring (bicyclic) bond motifs is 2. The molecule has 6 rings (SSSR count). The zero-order chi connectivity index (χ0) is 33.5. The number of alkyl halides is 3. The quantitative estimate of drug-likeness (QED) is 0.185. The van der Waals surface area contributed by atoms with E-state index in [0.717, 1.165) is 46.2 Å². The van der Waals surface area contributed by atoms with Gasteiger partial charge in [0.1, 0.15) is 11.0 Å². The lowest BCUT2D eigenvalue weighted by molar-refractivity contribution is -0.137. The van der Waals surface area contributed by atoms with Crippen LogP contribution in [0.25, 0.3) is 0 Å². The molecule has 0 saturated carbocycles. The van der Waals surface area contributed by atoms with Crippen molar-refractivity contribution in [2.75, 3.05) is 23.4 Å². The molecule has 3 atom stereocenters. The minimum absolute atomic E-state index is 0.195. The minimum Gasteiger partial charge on any atom is -0.484 e. The second-order valence-electron chi connectivity index (χ2n) is 10.5. The smallest absolute Gasteiger partial charge is 0.416 e. The highest BCUT2D eigenvalue weighted by molar-refractivity contribution is 8.00. The third kappa shape index (κ3) is 6.40. The number of thiazole rings is 1. The van der Waals surface area contributed by atoms with Crippen LogP contribution >= 0.6 is 23.1 Å². The number of esters is 1. The Morgan fingerprint density at radius 1 is 0.979 bits per heavy atom. The number of rotatable bonds is 8. The van der Waals surface area contributed by atoms with E-state index < -0.39 is 52.5 Å². The van der Waals surface area contributed by atoms with Crippen molar-refractivity contribution in [3.05, 3.63) is 104 Å². The molecule has 3 heterocycles. The van der Waals surface area contributed by atoms with E-state index in [2.05, 4.69) is 10.3 Å². The molecule has 47 heavy (non-hydrogen) atoms. The van der Waals surface area contributed by atoms with Gasteiger partial charge in [-0.1, -0.05) is 41.3 Å². The van der Waals surface area contributed by atoms with Crippen LogP contribution in [0.1, 0.15) is 39.2 Å². The maximum atomic E-state index is 13.9. The SMILES string of the molecule is CCOC(=O)c1ccc(NC(=O)COc2cccc([C@H]3c4sc(=O)[nH]c4SC4C(=O)N(c5cccc(C(F)(F)F)c5)C(=O)C43)c2)cc1. The Labute approximate surface area is 272 Å². The number of nitrogens with one attached hydrogen (secondary N) is 2. The number of hydrogen-bond donors (Lipinski definition) is 2. The average Bonchev–Trinajstić information content (AvgIpc) is 3.54. The number of benzene rings is 3. The van der Waals surface area contributed by atoms with E-state index in [4.69, 9.17) is 9.47 Å². The van der Waals surface area contributed by atoms with E-state index in [0.29, 0.717) is 26.7 Å². The number of nitrogens with zero attached hydrogens (tertiary/aromatic N) is 1. The van der Waals surface area contributed by atoms with Gasteiger partial charge in [0.15, 0.2) is 6.61 Å². The molecule has 1 fully saturated rings. The van der Waals surface area contributed by atoms with Gasteiger partial charge >= 0.3 is 17.0 Å². The molecule has 242 valence electrons. The van der Waals surface area contributed by atoms with E-state index >= 15 is 0 Å². The van der Waals surface area contributed by atoms with E-state index in [1.54, 1.807) is 43.3 Å². The number of aromatic nitrogens is 1. The summed E-state index contributed by atoms with van der Waals surface area (Å²) >= 11 is 1.88. The van der Waals surface area contributed by atoms with Gasteiger partial charge in [0.25, 0.3) is 5.91 Å². The van der Waals surface area contributed by atoms with Crippen LogP contribution in [0.5, 0.6) is 5.75 Å². The first-order chi connectivity index (χ1) is 22.4. The molecule has 0 bridgehead atoms. The zero-order valence-corrected chi connectivity index (χ0v) is 26.0. The maximum Gasteiger partial charge on any atom is 0.416 e. The number of amides is 3. The van der Waals surface area contributed by atoms with Gasteiger partial charge in [-0.2, -0.15) is 13.2 Å². The van der Waals surface area contributed by atoms with Gasteiger partial charge in [-0.25, -0.2) is 9.69 Å². The number of carbonyl (C=O) groups is 4. The standard InChI is InChI=1S/C32H24F3N3O7S2/c1-2-44-30(42)16-9-11-19(12-10-16)36-22(39)15-45-21-8-3-5-17(13-21)23-24-26(46-27-25(23)47-31(43)37-27)29(41)38(28(24)40)20-7-4-6-18(14-20)32(33,34)35/h3-14,23-24,26H,2,15H2,1H3,(H,36,39)(H,37,43)/t23-,24?,26?/m1/s1. The first-order valence-corrected chi connectivity index (χ1v) is 15.9. The van der Waals surface area contributed by atoms with Crippen molar-refractivity contribution in [3.63, 3.8) is 0 Å². The molecular formula is C32H24F3N3O7S2. The maximum absolute atomic E-state index is 13.9. The summed E-state index contributed by atoms with van der Waals surface area (Å²) in [5, 5.41) is 2.06. The highest BCUT2D eigenvalue weighted by Crippen LogP contribution is 2.53. The summed E-state index contributed by atoms with van der Waals surface area (Å²) in [6.45, 7) is 1.54. The number of carbonyl (C=O) groups excluding carboxylic acids is 4. The highest BCUT2D eigenvalue weighted by Gasteiger charge is 2.56.